The van der Waals surface area contributed by atoms with Crippen molar-refractivity contribution in [2.45, 2.75) is 20.0 Å². The number of rotatable bonds is 2. The maximum Gasteiger partial charge on any atom is 0.215 e. The molecule has 4 heteroatoms. The van der Waals surface area contributed by atoms with Gasteiger partial charge >= 0.3 is 0 Å². The standard InChI is InChI=1S/C12H14N2O.ClH/c1-8(2)15-12(13)10-7-14-11-6-4-3-5-9(10)11;/h3-8,13-14H,1-2H3;1H. The van der Waals surface area contributed by atoms with Crippen LogP contribution in [0.2, 0.25) is 0 Å². The molecule has 2 rings (SSSR count). The second-order valence-corrected chi connectivity index (χ2v) is 3.74. The van der Waals surface area contributed by atoms with E-state index in [2.05, 4.69) is 4.98 Å². The molecule has 2 N–H and O–H groups in total. The van der Waals surface area contributed by atoms with Gasteiger partial charge in [0.05, 0.1) is 11.7 Å². The Kier molecular flexibility index (Phi) is 3.96. The molecule has 0 unspecified atom stereocenters. The Morgan fingerprint density at radius 1 is 1.31 bits per heavy atom. The first-order valence-corrected chi connectivity index (χ1v) is 5.00. The summed E-state index contributed by atoms with van der Waals surface area (Å²) in [5.74, 6) is 0.224. The molecule has 1 aromatic heterocycles. The lowest BCUT2D eigenvalue weighted by molar-refractivity contribution is 0.227. The average Bonchev–Trinajstić information content (AvgIpc) is 2.59. The molecule has 0 aliphatic heterocycles. The third-order valence-electron chi connectivity index (χ3n) is 2.19. The molecule has 0 aliphatic carbocycles. The fraction of sp³-hybridized carbons (Fsp3) is 0.250. The van der Waals surface area contributed by atoms with Gasteiger partial charge in [0.25, 0.3) is 0 Å². The van der Waals surface area contributed by atoms with Crippen molar-refractivity contribution in [1.82, 2.24) is 4.98 Å². The van der Waals surface area contributed by atoms with Gasteiger partial charge in [0.2, 0.25) is 5.90 Å². The van der Waals surface area contributed by atoms with E-state index in [0.717, 1.165) is 16.5 Å². The normalized spacial score (nSPS) is 10.2. The van der Waals surface area contributed by atoms with Crippen molar-refractivity contribution in [2.75, 3.05) is 0 Å². The minimum atomic E-state index is 0. The molecule has 0 saturated heterocycles. The van der Waals surface area contributed by atoms with E-state index in [1.54, 1.807) is 0 Å². The Morgan fingerprint density at radius 2 is 2.00 bits per heavy atom. The van der Waals surface area contributed by atoms with Gasteiger partial charge in [-0.3, -0.25) is 5.41 Å². The summed E-state index contributed by atoms with van der Waals surface area (Å²) in [6, 6.07) is 7.90. The van der Waals surface area contributed by atoms with Crippen LogP contribution in [0.3, 0.4) is 0 Å². The fourth-order valence-corrected chi connectivity index (χ4v) is 1.56. The Labute approximate surface area is 101 Å². The van der Waals surface area contributed by atoms with Crippen LogP contribution in [0.5, 0.6) is 0 Å². The minimum Gasteiger partial charge on any atom is -0.475 e. The van der Waals surface area contributed by atoms with E-state index in [0.29, 0.717) is 0 Å². The van der Waals surface area contributed by atoms with Crippen LogP contribution in [0.1, 0.15) is 19.4 Å². The molecule has 0 radical (unpaired) electrons. The summed E-state index contributed by atoms with van der Waals surface area (Å²) in [6.45, 7) is 3.84. The molecular weight excluding hydrogens is 224 g/mol. The monoisotopic (exact) mass is 238 g/mol. The molecule has 16 heavy (non-hydrogen) atoms. The van der Waals surface area contributed by atoms with Crippen molar-refractivity contribution < 1.29 is 4.74 Å². The number of halogens is 1. The number of ether oxygens (including phenoxy) is 1. The number of H-pyrrole nitrogens is 1. The molecule has 0 aliphatic rings. The highest BCUT2D eigenvalue weighted by Crippen LogP contribution is 2.18. The molecule has 0 fully saturated rings. The Hall–Kier alpha value is -1.48. The zero-order chi connectivity index (χ0) is 10.8. The summed E-state index contributed by atoms with van der Waals surface area (Å²) in [5, 5.41) is 8.85. The lowest BCUT2D eigenvalue weighted by Crippen LogP contribution is -2.11. The van der Waals surface area contributed by atoms with E-state index in [1.165, 1.54) is 0 Å². The lowest BCUT2D eigenvalue weighted by Gasteiger charge is -2.09. The van der Waals surface area contributed by atoms with Gasteiger partial charge in [0, 0.05) is 17.1 Å². The van der Waals surface area contributed by atoms with Gasteiger partial charge in [-0.05, 0) is 19.9 Å². The molecule has 0 atom stereocenters. The van der Waals surface area contributed by atoms with Crippen LogP contribution in [-0.4, -0.2) is 17.0 Å². The molecule has 0 bridgehead atoms. The first-order valence-electron chi connectivity index (χ1n) is 5.00. The SMILES string of the molecule is CC(C)OC(=N)c1c[nH]c2ccccc12.Cl. The molecule has 0 amide bonds. The Morgan fingerprint density at radius 3 is 2.69 bits per heavy atom. The molecule has 3 nitrogen and oxygen atoms in total. The lowest BCUT2D eigenvalue weighted by atomic mass is 10.2. The van der Waals surface area contributed by atoms with Gasteiger partial charge < -0.3 is 9.72 Å². The van der Waals surface area contributed by atoms with Crippen LogP contribution in [0.15, 0.2) is 30.5 Å². The van der Waals surface area contributed by atoms with E-state index in [4.69, 9.17) is 10.1 Å². The molecule has 1 aromatic carbocycles. The quantitative estimate of drug-likeness (QED) is 0.612. The maximum atomic E-state index is 7.82. The number of hydrogen-bond acceptors (Lipinski definition) is 2. The second-order valence-electron chi connectivity index (χ2n) is 3.74. The maximum absolute atomic E-state index is 7.82. The number of fused-ring (bicyclic) bond motifs is 1. The number of benzene rings is 1. The number of aromatic nitrogens is 1. The van der Waals surface area contributed by atoms with Gasteiger partial charge in [-0.15, -0.1) is 12.4 Å². The topological polar surface area (TPSA) is 48.9 Å². The zero-order valence-electron chi connectivity index (χ0n) is 9.28. The minimum absolute atomic E-state index is 0. The summed E-state index contributed by atoms with van der Waals surface area (Å²) in [7, 11) is 0. The highest BCUT2D eigenvalue weighted by Gasteiger charge is 2.10. The van der Waals surface area contributed by atoms with E-state index in [9.17, 15) is 0 Å². The summed E-state index contributed by atoms with van der Waals surface area (Å²) >= 11 is 0. The third kappa shape index (κ3) is 2.36. The summed E-state index contributed by atoms with van der Waals surface area (Å²) < 4.78 is 5.37. The second kappa shape index (κ2) is 5.03. The van der Waals surface area contributed by atoms with Crippen LogP contribution in [-0.2, 0) is 4.74 Å². The van der Waals surface area contributed by atoms with Gasteiger partial charge in [0.1, 0.15) is 0 Å². The van der Waals surface area contributed by atoms with Crippen LogP contribution in [0.25, 0.3) is 10.9 Å². The third-order valence-corrected chi connectivity index (χ3v) is 2.19. The molecular formula is C12H15ClN2O. The van der Waals surface area contributed by atoms with Gasteiger partial charge in [-0.25, -0.2) is 0 Å². The summed E-state index contributed by atoms with van der Waals surface area (Å²) in [5.41, 5.74) is 1.85. The molecule has 86 valence electrons. The summed E-state index contributed by atoms with van der Waals surface area (Å²) in [6.07, 6.45) is 1.85. The molecule has 2 aromatic rings. The number of hydrogen-bond donors (Lipinski definition) is 2. The van der Waals surface area contributed by atoms with Crippen molar-refractivity contribution in [3.63, 3.8) is 0 Å². The Bertz CT molecular complexity index is 490. The largest absolute Gasteiger partial charge is 0.475 e. The van der Waals surface area contributed by atoms with E-state index in [-0.39, 0.29) is 24.4 Å². The van der Waals surface area contributed by atoms with Crippen molar-refractivity contribution >= 4 is 29.2 Å². The predicted octanol–water partition coefficient (Wildman–Crippen LogP) is 3.34. The highest BCUT2D eigenvalue weighted by molar-refractivity contribution is 6.05. The van der Waals surface area contributed by atoms with Gasteiger partial charge in [-0.1, -0.05) is 18.2 Å². The average molecular weight is 239 g/mol. The Balaban J connectivity index is 0.00000128. The van der Waals surface area contributed by atoms with E-state index in [1.807, 2.05) is 44.3 Å². The van der Waals surface area contributed by atoms with Crippen molar-refractivity contribution in [3.8, 4) is 0 Å². The predicted molar refractivity (Wildman–Crippen MR) is 68.6 cm³/mol. The van der Waals surface area contributed by atoms with Crippen molar-refractivity contribution in [3.05, 3.63) is 36.0 Å². The zero-order valence-corrected chi connectivity index (χ0v) is 10.1. The smallest absolute Gasteiger partial charge is 0.215 e. The fourth-order valence-electron chi connectivity index (χ4n) is 1.56. The van der Waals surface area contributed by atoms with E-state index >= 15 is 0 Å². The van der Waals surface area contributed by atoms with Crippen molar-refractivity contribution in [2.24, 2.45) is 0 Å². The molecule has 0 saturated carbocycles. The van der Waals surface area contributed by atoms with Crippen molar-refractivity contribution in [1.29, 1.82) is 5.41 Å². The first-order chi connectivity index (χ1) is 7.18. The number of aromatic amines is 1. The molecule has 0 spiro atoms. The molecule has 1 heterocycles. The highest BCUT2D eigenvalue weighted by atomic mass is 35.5. The van der Waals surface area contributed by atoms with Crippen LogP contribution in [0, 0.1) is 5.41 Å². The van der Waals surface area contributed by atoms with Crippen LogP contribution in [0.4, 0.5) is 0 Å². The van der Waals surface area contributed by atoms with Crippen LogP contribution >= 0.6 is 12.4 Å². The first kappa shape index (κ1) is 12.6. The number of para-hydroxylation sites is 1. The number of nitrogens with one attached hydrogen (secondary N) is 2. The van der Waals surface area contributed by atoms with Crippen LogP contribution < -0.4 is 0 Å². The van der Waals surface area contributed by atoms with Gasteiger partial charge in [-0.2, -0.15) is 0 Å². The summed E-state index contributed by atoms with van der Waals surface area (Å²) in [4.78, 5) is 3.12. The van der Waals surface area contributed by atoms with E-state index < -0.39 is 0 Å². The van der Waals surface area contributed by atoms with Gasteiger partial charge in [0.15, 0.2) is 0 Å².